The number of aromatic nitrogens is 1. The zero-order valence-electron chi connectivity index (χ0n) is 10.9. The molecule has 0 fully saturated rings. The van der Waals surface area contributed by atoms with Gasteiger partial charge in [0, 0.05) is 23.3 Å². The minimum Gasteiger partial charge on any atom is -0.308 e. The topological polar surface area (TPSA) is 22.0 Å². The van der Waals surface area contributed by atoms with Crippen LogP contribution in [0.5, 0.6) is 0 Å². The van der Waals surface area contributed by atoms with Crippen LogP contribution in [-0.4, -0.2) is 4.57 Å². The third kappa shape index (κ3) is 2.37. The summed E-state index contributed by atoms with van der Waals surface area (Å²) in [5, 5.41) is 1.96. The number of hydrogen-bond donors (Lipinski definition) is 0. The van der Waals surface area contributed by atoms with Gasteiger partial charge in [0.05, 0.1) is 5.52 Å². The molecule has 0 aliphatic heterocycles. The van der Waals surface area contributed by atoms with Gasteiger partial charge in [-0.15, -0.1) is 0 Å². The molecule has 0 aliphatic rings. The lowest BCUT2D eigenvalue weighted by Gasteiger charge is -2.14. The van der Waals surface area contributed by atoms with Gasteiger partial charge in [0.2, 0.25) is 0 Å². The summed E-state index contributed by atoms with van der Waals surface area (Å²) < 4.78 is 1.92. The first-order valence-electron chi connectivity index (χ1n) is 6.37. The predicted octanol–water partition coefficient (Wildman–Crippen LogP) is 4.00. The van der Waals surface area contributed by atoms with Crippen LogP contribution < -0.4 is 5.56 Å². The van der Waals surface area contributed by atoms with Crippen molar-refractivity contribution >= 4 is 26.8 Å². The number of pyridine rings is 1. The largest absolute Gasteiger partial charge is 0.308 e. The number of fused-ring (bicyclic) bond motifs is 1. The van der Waals surface area contributed by atoms with Crippen molar-refractivity contribution in [2.45, 2.75) is 38.6 Å². The number of nitrogens with zero attached hydrogens (tertiary/aromatic N) is 1. The van der Waals surface area contributed by atoms with Crippen LogP contribution >= 0.6 is 15.9 Å². The van der Waals surface area contributed by atoms with Gasteiger partial charge in [0.25, 0.3) is 5.56 Å². The average molecular weight is 308 g/mol. The van der Waals surface area contributed by atoms with Crippen LogP contribution in [0.25, 0.3) is 10.9 Å². The zero-order chi connectivity index (χ0) is 13.1. The van der Waals surface area contributed by atoms with Gasteiger partial charge in [-0.1, -0.05) is 47.5 Å². The Kier molecular flexibility index (Phi) is 4.23. The Morgan fingerprint density at radius 1 is 1.33 bits per heavy atom. The first-order chi connectivity index (χ1) is 8.69. The van der Waals surface area contributed by atoms with Crippen LogP contribution in [0.4, 0.5) is 0 Å². The smallest absolute Gasteiger partial charge is 0.251 e. The van der Waals surface area contributed by atoms with Gasteiger partial charge in [-0.05, 0) is 24.5 Å². The monoisotopic (exact) mass is 307 g/mol. The third-order valence-electron chi connectivity index (χ3n) is 3.30. The molecule has 1 aromatic carbocycles. The summed E-state index contributed by atoms with van der Waals surface area (Å²) >= 11 is 3.51. The lowest BCUT2D eigenvalue weighted by Crippen LogP contribution is -2.21. The first-order valence-corrected chi connectivity index (χ1v) is 7.49. The van der Waals surface area contributed by atoms with E-state index in [0.717, 1.165) is 35.8 Å². The summed E-state index contributed by atoms with van der Waals surface area (Å²) in [6.07, 6.45) is 2.13. The molecule has 0 N–H and O–H groups in total. The summed E-state index contributed by atoms with van der Waals surface area (Å²) in [6, 6.07) is 7.98. The van der Waals surface area contributed by atoms with Crippen molar-refractivity contribution in [1.82, 2.24) is 4.57 Å². The van der Waals surface area contributed by atoms with Crippen LogP contribution in [0.1, 0.15) is 30.9 Å². The van der Waals surface area contributed by atoms with Gasteiger partial charge >= 0.3 is 0 Å². The number of halogens is 1. The van der Waals surface area contributed by atoms with Crippen molar-refractivity contribution in [2.75, 3.05) is 0 Å². The fraction of sp³-hybridized carbons (Fsp3) is 0.400. The Morgan fingerprint density at radius 3 is 2.78 bits per heavy atom. The molecule has 3 heteroatoms. The summed E-state index contributed by atoms with van der Waals surface area (Å²) in [5.41, 5.74) is 3.45. The number of hydrogen-bond acceptors (Lipinski definition) is 1. The Hall–Kier alpha value is -1.09. The summed E-state index contributed by atoms with van der Waals surface area (Å²) in [5.74, 6) is 0. The molecule has 0 aliphatic carbocycles. The number of rotatable bonds is 4. The average Bonchev–Trinajstić information content (AvgIpc) is 2.38. The van der Waals surface area contributed by atoms with Crippen molar-refractivity contribution in [3.63, 3.8) is 0 Å². The predicted molar refractivity (Wildman–Crippen MR) is 80.5 cm³/mol. The van der Waals surface area contributed by atoms with E-state index >= 15 is 0 Å². The lowest BCUT2D eigenvalue weighted by atomic mass is 10.1. The molecule has 0 atom stereocenters. The van der Waals surface area contributed by atoms with E-state index in [-0.39, 0.29) is 5.56 Å². The quantitative estimate of drug-likeness (QED) is 0.782. The maximum atomic E-state index is 12.2. The van der Waals surface area contributed by atoms with E-state index < -0.39 is 0 Å². The zero-order valence-corrected chi connectivity index (χ0v) is 12.5. The van der Waals surface area contributed by atoms with E-state index in [4.69, 9.17) is 0 Å². The lowest BCUT2D eigenvalue weighted by molar-refractivity contribution is 0.630. The SMILES string of the molecule is CCCCn1c(=O)cc(C)c2cccc(CBr)c21. The molecule has 0 radical (unpaired) electrons. The van der Waals surface area contributed by atoms with Crippen LogP contribution in [0, 0.1) is 6.92 Å². The number of benzene rings is 1. The summed E-state index contributed by atoms with van der Waals surface area (Å²) in [4.78, 5) is 12.2. The van der Waals surface area contributed by atoms with Crippen molar-refractivity contribution in [2.24, 2.45) is 0 Å². The molecule has 0 saturated carbocycles. The molecule has 1 heterocycles. The molecule has 0 spiro atoms. The van der Waals surface area contributed by atoms with E-state index in [2.05, 4.69) is 41.1 Å². The molecule has 0 saturated heterocycles. The van der Waals surface area contributed by atoms with E-state index in [9.17, 15) is 4.79 Å². The highest BCUT2D eigenvalue weighted by Gasteiger charge is 2.09. The standard InChI is InChI=1S/C15H18BrNO/c1-3-4-8-17-14(18)9-11(2)13-7-5-6-12(10-16)15(13)17/h5-7,9H,3-4,8,10H2,1-2H3. The molecule has 18 heavy (non-hydrogen) atoms. The highest BCUT2D eigenvalue weighted by atomic mass is 79.9. The van der Waals surface area contributed by atoms with Crippen LogP contribution in [0.2, 0.25) is 0 Å². The van der Waals surface area contributed by atoms with Crippen LogP contribution in [0.15, 0.2) is 29.1 Å². The van der Waals surface area contributed by atoms with Crippen molar-refractivity contribution < 1.29 is 0 Å². The maximum Gasteiger partial charge on any atom is 0.251 e. The fourth-order valence-corrected chi connectivity index (χ4v) is 2.78. The second kappa shape index (κ2) is 5.70. The molecular weight excluding hydrogens is 290 g/mol. The van der Waals surface area contributed by atoms with E-state index in [1.165, 1.54) is 10.9 Å². The molecule has 2 aromatic rings. The minimum absolute atomic E-state index is 0.113. The molecule has 2 nitrogen and oxygen atoms in total. The van der Waals surface area contributed by atoms with E-state index in [0.29, 0.717) is 0 Å². The number of alkyl halides is 1. The van der Waals surface area contributed by atoms with Gasteiger partial charge in [0.15, 0.2) is 0 Å². The Labute approximate surface area is 116 Å². The number of para-hydroxylation sites is 1. The molecule has 96 valence electrons. The van der Waals surface area contributed by atoms with E-state index in [1.54, 1.807) is 6.07 Å². The molecule has 1 aromatic heterocycles. The number of unbranched alkanes of at least 4 members (excludes halogenated alkanes) is 1. The highest BCUT2D eigenvalue weighted by molar-refractivity contribution is 9.08. The van der Waals surface area contributed by atoms with Crippen LogP contribution in [-0.2, 0) is 11.9 Å². The maximum absolute atomic E-state index is 12.2. The van der Waals surface area contributed by atoms with Crippen molar-refractivity contribution in [1.29, 1.82) is 0 Å². The second-order valence-corrected chi connectivity index (χ2v) is 5.18. The summed E-state index contributed by atoms with van der Waals surface area (Å²) in [6.45, 7) is 4.95. The molecule has 2 rings (SSSR count). The molecule has 0 amide bonds. The Bertz CT molecular complexity index is 616. The normalized spacial score (nSPS) is 11.1. The van der Waals surface area contributed by atoms with Gasteiger partial charge in [0.1, 0.15) is 0 Å². The Morgan fingerprint density at radius 2 is 2.11 bits per heavy atom. The third-order valence-corrected chi connectivity index (χ3v) is 3.90. The van der Waals surface area contributed by atoms with Crippen LogP contribution in [0.3, 0.4) is 0 Å². The molecule has 0 bridgehead atoms. The van der Waals surface area contributed by atoms with Gasteiger partial charge in [-0.2, -0.15) is 0 Å². The van der Waals surface area contributed by atoms with Crippen molar-refractivity contribution in [3.8, 4) is 0 Å². The van der Waals surface area contributed by atoms with E-state index in [1.807, 2.05) is 11.5 Å². The van der Waals surface area contributed by atoms with Gasteiger partial charge in [-0.25, -0.2) is 0 Å². The Balaban J connectivity index is 2.77. The second-order valence-electron chi connectivity index (χ2n) is 4.62. The number of aryl methyl sites for hydroxylation is 2. The minimum atomic E-state index is 0.113. The summed E-state index contributed by atoms with van der Waals surface area (Å²) in [7, 11) is 0. The van der Waals surface area contributed by atoms with Crippen molar-refractivity contribution in [3.05, 3.63) is 45.7 Å². The molecular formula is C15H18BrNO. The highest BCUT2D eigenvalue weighted by Crippen LogP contribution is 2.22. The van der Waals surface area contributed by atoms with Gasteiger partial charge in [-0.3, -0.25) is 4.79 Å². The fourth-order valence-electron chi connectivity index (χ4n) is 2.33. The molecule has 0 unspecified atom stereocenters. The first kappa shape index (κ1) is 13.3. The van der Waals surface area contributed by atoms with Gasteiger partial charge < -0.3 is 4.57 Å².